The fourth-order valence-electron chi connectivity index (χ4n) is 1.49. The van der Waals surface area contributed by atoms with Crippen molar-refractivity contribution in [3.05, 3.63) is 29.3 Å². The van der Waals surface area contributed by atoms with Crippen molar-refractivity contribution in [3.63, 3.8) is 0 Å². The van der Waals surface area contributed by atoms with Gasteiger partial charge in [-0.05, 0) is 18.6 Å². The Kier molecular flexibility index (Phi) is 5.81. The van der Waals surface area contributed by atoms with Crippen LogP contribution in [0.2, 0.25) is 0 Å². The molecule has 6 nitrogen and oxygen atoms in total. The Hall–Kier alpha value is -2.08. The van der Waals surface area contributed by atoms with Gasteiger partial charge in [-0.1, -0.05) is 12.1 Å². The molecule has 0 aromatic heterocycles. The Labute approximate surface area is 111 Å². The lowest BCUT2D eigenvalue weighted by Crippen LogP contribution is -2.31. The summed E-state index contributed by atoms with van der Waals surface area (Å²) >= 11 is 0. The number of carboxylic acid groups (broad SMARTS) is 1. The van der Waals surface area contributed by atoms with Crippen LogP contribution in [0.3, 0.4) is 0 Å². The van der Waals surface area contributed by atoms with Crippen LogP contribution in [-0.2, 0) is 9.53 Å². The Morgan fingerprint density at radius 1 is 1.37 bits per heavy atom. The Morgan fingerprint density at radius 3 is 2.74 bits per heavy atom. The van der Waals surface area contributed by atoms with Crippen LogP contribution in [0.25, 0.3) is 0 Å². The lowest BCUT2D eigenvalue weighted by atomic mass is 10.1. The van der Waals surface area contributed by atoms with Gasteiger partial charge >= 0.3 is 5.97 Å². The normalized spacial score (nSPS) is 10.0. The number of nitrogens with one attached hydrogen (secondary N) is 1. The maximum atomic E-state index is 11.4. The van der Waals surface area contributed by atoms with Gasteiger partial charge in [-0.2, -0.15) is 0 Å². The zero-order valence-corrected chi connectivity index (χ0v) is 10.9. The second-order valence-electron chi connectivity index (χ2n) is 3.89. The van der Waals surface area contributed by atoms with Crippen molar-refractivity contribution in [3.8, 4) is 5.75 Å². The summed E-state index contributed by atoms with van der Waals surface area (Å²) in [7, 11) is 1.54. The van der Waals surface area contributed by atoms with Crippen molar-refractivity contribution < 1.29 is 24.2 Å². The summed E-state index contributed by atoms with van der Waals surface area (Å²) in [6, 6.07) is 4.79. The fraction of sp³-hybridized carbons (Fsp3) is 0.385. The molecule has 0 spiro atoms. The van der Waals surface area contributed by atoms with E-state index in [4.69, 9.17) is 14.6 Å². The predicted molar refractivity (Wildman–Crippen MR) is 68.5 cm³/mol. The van der Waals surface area contributed by atoms with Gasteiger partial charge in [0.25, 0.3) is 5.91 Å². The van der Waals surface area contributed by atoms with Crippen LogP contribution >= 0.6 is 0 Å². The molecule has 0 saturated heterocycles. The molecular formula is C13H17NO5. The van der Waals surface area contributed by atoms with E-state index < -0.39 is 5.97 Å². The Bertz CT molecular complexity index is 458. The molecule has 1 amide bonds. The summed E-state index contributed by atoms with van der Waals surface area (Å²) in [6.07, 6.45) is 0. The summed E-state index contributed by atoms with van der Waals surface area (Å²) in [5.74, 6) is -1.19. The van der Waals surface area contributed by atoms with E-state index in [-0.39, 0.29) is 23.8 Å². The Morgan fingerprint density at radius 2 is 2.11 bits per heavy atom. The van der Waals surface area contributed by atoms with Crippen molar-refractivity contribution in [1.29, 1.82) is 0 Å². The largest absolute Gasteiger partial charge is 0.483 e. The number of carboxylic acids is 1. The van der Waals surface area contributed by atoms with Gasteiger partial charge in [0.05, 0.1) is 6.61 Å². The third-order valence-corrected chi connectivity index (χ3v) is 2.42. The molecule has 1 rings (SSSR count). The highest BCUT2D eigenvalue weighted by Gasteiger charge is 2.14. The molecule has 0 atom stereocenters. The third-order valence-electron chi connectivity index (χ3n) is 2.42. The first-order valence-corrected chi connectivity index (χ1v) is 5.77. The number of ether oxygens (including phenoxy) is 2. The maximum absolute atomic E-state index is 11.4. The molecular weight excluding hydrogens is 250 g/mol. The number of hydrogen-bond donors (Lipinski definition) is 2. The quantitative estimate of drug-likeness (QED) is 0.715. The molecule has 0 fully saturated rings. The molecule has 0 aliphatic carbocycles. The second-order valence-corrected chi connectivity index (χ2v) is 3.89. The molecule has 1 aromatic carbocycles. The highest BCUT2D eigenvalue weighted by molar-refractivity contribution is 5.91. The minimum Gasteiger partial charge on any atom is -0.483 e. The summed E-state index contributed by atoms with van der Waals surface area (Å²) in [5, 5.41) is 11.6. The molecule has 1 aromatic rings. The van der Waals surface area contributed by atoms with Crippen LogP contribution in [0.1, 0.15) is 15.9 Å². The van der Waals surface area contributed by atoms with Gasteiger partial charge in [-0.25, -0.2) is 4.79 Å². The number of rotatable bonds is 7. The number of aromatic carboxylic acids is 1. The van der Waals surface area contributed by atoms with E-state index in [9.17, 15) is 9.59 Å². The van der Waals surface area contributed by atoms with Crippen LogP contribution < -0.4 is 10.1 Å². The fourth-order valence-corrected chi connectivity index (χ4v) is 1.49. The summed E-state index contributed by atoms with van der Waals surface area (Å²) in [5.41, 5.74) is 0.717. The van der Waals surface area contributed by atoms with E-state index in [1.165, 1.54) is 13.2 Å². The zero-order chi connectivity index (χ0) is 14.3. The van der Waals surface area contributed by atoms with Gasteiger partial charge < -0.3 is 19.9 Å². The highest BCUT2D eigenvalue weighted by Crippen LogP contribution is 2.23. The van der Waals surface area contributed by atoms with Crippen molar-refractivity contribution in [1.82, 2.24) is 5.32 Å². The second kappa shape index (κ2) is 7.38. The lowest BCUT2D eigenvalue weighted by molar-refractivity contribution is -0.123. The molecule has 0 radical (unpaired) electrons. The van der Waals surface area contributed by atoms with Crippen LogP contribution in [-0.4, -0.2) is 43.9 Å². The molecule has 0 aliphatic heterocycles. The minimum absolute atomic E-state index is 0.0460. The molecule has 104 valence electrons. The first-order chi connectivity index (χ1) is 9.06. The molecule has 0 unspecified atom stereocenters. The van der Waals surface area contributed by atoms with E-state index >= 15 is 0 Å². The van der Waals surface area contributed by atoms with Crippen LogP contribution in [0, 0.1) is 6.92 Å². The zero-order valence-electron chi connectivity index (χ0n) is 10.9. The summed E-state index contributed by atoms with van der Waals surface area (Å²) in [4.78, 5) is 22.5. The van der Waals surface area contributed by atoms with Gasteiger partial charge in [0.15, 0.2) is 6.61 Å². The van der Waals surface area contributed by atoms with E-state index in [0.29, 0.717) is 18.7 Å². The van der Waals surface area contributed by atoms with Gasteiger partial charge in [-0.15, -0.1) is 0 Å². The number of para-hydroxylation sites is 1. The van der Waals surface area contributed by atoms with Crippen molar-refractivity contribution >= 4 is 11.9 Å². The molecule has 0 heterocycles. The van der Waals surface area contributed by atoms with Crippen LogP contribution in [0.5, 0.6) is 5.75 Å². The average Bonchev–Trinajstić information content (AvgIpc) is 2.37. The van der Waals surface area contributed by atoms with Crippen molar-refractivity contribution in [2.24, 2.45) is 0 Å². The molecule has 2 N–H and O–H groups in total. The number of hydrogen-bond acceptors (Lipinski definition) is 4. The van der Waals surface area contributed by atoms with E-state index in [2.05, 4.69) is 5.32 Å². The molecule has 0 aliphatic rings. The summed E-state index contributed by atoms with van der Waals surface area (Å²) in [6.45, 7) is 2.30. The average molecular weight is 267 g/mol. The highest BCUT2D eigenvalue weighted by atomic mass is 16.5. The van der Waals surface area contributed by atoms with Crippen molar-refractivity contribution in [2.75, 3.05) is 26.9 Å². The Balaban J connectivity index is 2.62. The smallest absolute Gasteiger partial charge is 0.339 e. The van der Waals surface area contributed by atoms with Gasteiger partial charge in [0, 0.05) is 13.7 Å². The van der Waals surface area contributed by atoms with Crippen LogP contribution in [0.15, 0.2) is 18.2 Å². The minimum atomic E-state index is -1.08. The number of benzene rings is 1. The number of aryl methyl sites for hydroxylation is 1. The number of methoxy groups -OCH3 is 1. The van der Waals surface area contributed by atoms with Gasteiger partial charge in [0.2, 0.25) is 0 Å². The lowest BCUT2D eigenvalue weighted by Gasteiger charge is -2.11. The predicted octanol–water partition coefficient (Wildman–Crippen LogP) is 0.835. The first kappa shape index (κ1) is 15.0. The topological polar surface area (TPSA) is 84.9 Å². The molecule has 19 heavy (non-hydrogen) atoms. The number of carbonyl (C=O) groups is 2. The number of amides is 1. The summed E-state index contributed by atoms with van der Waals surface area (Å²) < 4.78 is 10.1. The SMILES string of the molecule is COCCNC(=O)COc1c(C)cccc1C(=O)O. The van der Waals surface area contributed by atoms with E-state index in [1.54, 1.807) is 19.1 Å². The standard InChI is InChI=1S/C13H17NO5/c1-9-4-3-5-10(13(16)17)12(9)19-8-11(15)14-6-7-18-2/h3-5H,6-8H2,1-2H3,(H,14,15)(H,16,17). The van der Waals surface area contributed by atoms with Gasteiger partial charge in [-0.3, -0.25) is 4.79 Å². The maximum Gasteiger partial charge on any atom is 0.339 e. The van der Waals surface area contributed by atoms with Crippen molar-refractivity contribution in [2.45, 2.75) is 6.92 Å². The molecule has 0 saturated carbocycles. The van der Waals surface area contributed by atoms with Crippen LogP contribution in [0.4, 0.5) is 0 Å². The third kappa shape index (κ3) is 4.59. The first-order valence-electron chi connectivity index (χ1n) is 5.77. The molecule has 6 heteroatoms. The van der Waals surface area contributed by atoms with E-state index in [0.717, 1.165) is 0 Å². The van der Waals surface area contributed by atoms with Gasteiger partial charge in [0.1, 0.15) is 11.3 Å². The number of carbonyl (C=O) groups excluding carboxylic acids is 1. The molecule has 0 bridgehead atoms. The van der Waals surface area contributed by atoms with E-state index in [1.807, 2.05) is 0 Å². The monoisotopic (exact) mass is 267 g/mol.